The third-order valence-electron chi connectivity index (χ3n) is 4.59. The van der Waals surface area contributed by atoms with E-state index < -0.39 is 11.6 Å². The van der Waals surface area contributed by atoms with E-state index in [2.05, 4.69) is 34.0 Å². The summed E-state index contributed by atoms with van der Waals surface area (Å²) in [6.45, 7) is 8.23. The van der Waals surface area contributed by atoms with Crippen LogP contribution in [-0.4, -0.2) is 38.4 Å². The van der Waals surface area contributed by atoms with Crippen LogP contribution in [-0.2, 0) is 11.2 Å². The Hall–Kier alpha value is -2.58. The van der Waals surface area contributed by atoms with Crippen LogP contribution in [0.25, 0.3) is 0 Å². The van der Waals surface area contributed by atoms with Crippen LogP contribution >= 0.6 is 22.9 Å². The average Bonchev–Trinajstić information content (AvgIpc) is 3.38. The molecule has 0 bridgehead atoms. The summed E-state index contributed by atoms with van der Waals surface area (Å²) in [5.41, 5.74) is 2.15. The van der Waals surface area contributed by atoms with Gasteiger partial charge in [-0.25, -0.2) is 0 Å². The molecule has 0 radical (unpaired) electrons. The first-order chi connectivity index (χ1) is 14.3. The van der Waals surface area contributed by atoms with Gasteiger partial charge in [-0.15, -0.1) is 16.4 Å². The first kappa shape index (κ1) is 22.1. The van der Waals surface area contributed by atoms with Crippen molar-refractivity contribution in [1.29, 1.82) is 0 Å². The highest BCUT2D eigenvalue weighted by molar-refractivity contribution is 7.10. The van der Waals surface area contributed by atoms with Gasteiger partial charge in [-0.2, -0.15) is 0 Å². The highest BCUT2D eigenvalue weighted by atomic mass is 32.1. The van der Waals surface area contributed by atoms with E-state index in [1.807, 2.05) is 50.4 Å². The molecule has 0 aliphatic rings. The van der Waals surface area contributed by atoms with Crippen LogP contribution < -0.4 is 5.32 Å². The summed E-state index contributed by atoms with van der Waals surface area (Å²) in [7, 11) is 0. The molecule has 2 amide bonds. The molecule has 0 saturated heterocycles. The fourth-order valence-corrected chi connectivity index (χ4v) is 4.46. The largest absolute Gasteiger partial charge is 0.349 e. The number of aromatic nitrogens is 2. The minimum Gasteiger partial charge on any atom is -0.349 e. The van der Waals surface area contributed by atoms with Gasteiger partial charge in [0.1, 0.15) is 6.04 Å². The van der Waals surface area contributed by atoms with Crippen molar-refractivity contribution in [3.63, 3.8) is 0 Å². The highest BCUT2D eigenvalue weighted by Crippen LogP contribution is 2.28. The molecule has 1 N–H and O–H groups in total. The van der Waals surface area contributed by atoms with E-state index in [0.29, 0.717) is 13.0 Å². The van der Waals surface area contributed by atoms with Crippen molar-refractivity contribution < 1.29 is 9.59 Å². The predicted octanol–water partition coefficient (Wildman–Crippen LogP) is 4.25. The van der Waals surface area contributed by atoms with Crippen molar-refractivity contribution >= 4 is 34.7 Å². The molecule has 158 valence electrons. The first-order valence-electron chi connectivity index (χ1n) is 9.74. The molecule has 8 heteroatoms. The zero-order chi connectivity index (χ0) is 21.7. The fourth-order valence-electron chi connectivity index (χ4n) is 3.19. The van der Waals surface area contributed by atoms with Crippen molar-refractivity contribution in [2.75, 3.05) is 6.54 Å². The molecule has 30 heavy (non-hydrogen) atoms. The van der Waals surface area contributed by atoms with Crippen LogP contribution in [0, 0.1) is 6.92 Å². The van der Waals surface area contributed by atoms with Gasteiger partial charge in [0.2, 0.25) is 5.91 Å². The number of carbonyl (C=O) groups excluding carboxylic acids is 2. The fraction of sp³-hybridized carbons (Fsp3) is 0.364. The Labute approximate surface area is 185 Å². The molecule has 2 heterocycles. The van der Waals surface area contributed by atoms with Gasteiger partial charge in [-0.05, 0) is 68.2 Å². The van der Waals surface area contributed by atoms with Crippen LogP contribution in [0.5, 0.6) is 0 Å². The number of rotatable bonds is 7. The van der Waals surface area contributed by atoms with Crippen LogP contribution in [0.1, 0.15) is 53.3 Å². The van der Waals surface area contributed by atoms with E-state index >= 15 is 0 Å². The summed E-state index contributed by atoms with van der Waals surface area (Å²) < 4.78 is 3.83. The van der Waals surface area contributed by atoms with Gasteiger partial charge in [0.05, 0.1) is 0 Å². The normalized spacial score (nSPS) is 12.4. The van der Waals surface area contributed by atoms with Crippen molar-refractivity contribution in [2.24, 2.45) is 0 Å². The lowest BCUT2D eigenvalue weighted by atomic mass is 10.0. The second-order valence-corrected chi connectivity index (χ2v) is 9.71. The molecular weight excluding hydrogens is 416 g/mol. The summed E-state index contributed by atoms with van der Waals surface area (Å²) in [6, 6.07) is 11.1. The van der Waals surface area contributed by atoms with E-state index in [-0.39, 0.29) is 17.5 Å². The number of hydrogen-bond donors (Lipinski definition) is 1. The van der Waals surface area contributed by atoms with Gasteiger partial charge in [0.25, 0.3) is 5.91 Å². The van der Waals surface area contributed by atoms with Crippen LogP contribution in [0.3, 0.4) is 0 Å². The maximum absolute atomic E-state index is 13.4. The van der Waals surface area contributed by atoms with Gasteiger partial charge in [-0.1, -0.05) is 34.8 Å². The van der Waals surface area contributed by atoms with Crippen LogP contribution in [0.4, 0.5) is 0 Å². The van der Waals surface area contributed by atoms with Crippen molar-refractivity contribution in [1.82, 2.24) is 19.8 Å². The van der Waals surface area contributed by atoms with Crippen molar-refractivity contribution in [3.05, 3.63) is 68.9 Å². The molecule has 0 fully saturated rings. The average molecular weight is 443 g/mol. The highest BCUT2D eigenvalue weighted by Gasteiger charge is 2.35. The third-order valence-corrected chi connectivity index (χ3v) is 6.02. The Morgan fingerprint density at radius 2 is 1.93 bits per heavy atom. The number of aryl methyl sites for hydroxylation is 1. The second kappa shape index (κ2) is 9.49. The van der Waals surface area contributed by atoms with Gasteiger partial charge < -0.3 is 10.2 Å². The topological polar surface area (TPSA) is 75.2 Å². The van der Waals surface area contributed by atoms with Gasteiger partial charge in [0, 0.05) is 22.3 Å². The quantitative estimate of drug-likeness (QED) is 0.594. The molecule has 0 aliphatic carbocycles. The molecule has 3 rings (SSSR count). The second-order valence-electron chi connectivity index (χ2n) is 8.12. The molecule has 0 saturated carbocycles. The third kappa shape index (κ3) is 5.52. The monoisotopic (exact) mass is 442 g/mol. The SMILES string of the molecule is Cc1ccccc1CCN(C(=O)c1csnn1)C(C(=O)NC(C)(C)C)c1cccs1. The molecule has 1 unspecified atom stereocenters. The maximum Gasteiger partial charge on any atom is 0.276 e. The predicted molar refractivity (Wildman–Crippen MR) is 121 cm³/mol. The molecule has 1 atom stereocenters. The van der Waals surface area contributed by atoms with E-state index in [9.17, 15) is 9.59 Å². The zero-order valence-electron chi connectivity index (χ0n) is 17.6. The summed E-state index contributed by atoms with van der Waals surface area (Å²) in [4.78, 5) is 29.1. The molecule has 3 aromatic rings. The lowest BCUT2D eigenvalue weighted by molar-refractivity contribution is -0.127. The molecule has 0 aliphatic heterocycles. The number of nitrogens with zero attached hydrogens (tertiary/aromatic N) is 3. The van der Waals surface area contributed by atoms with Crippen LogP contribution in [0.15, 0.2) is 47.2 Å². The summed E-state index contributed by atoms with van der Waals surface area (Å²) in [5.74, 6) is -0.494. The number of hydrogen-bond acceptors (Lipinski definition) is 6. The standard InChI is InChI=1S/C22H26N4O2S2/c1-15-8-5-6-9-16(15)11-12-26(21(28)17-14-30-25-24-17)19(18-10-7-13-29-18)20(27)23-22(2,3)4/h5-10,13-14,19H,11-12H2,1-4H3,(H,23,27). The molecule has 0 spiro atoms. The summed E-state index contributed by atoms with van der Waals surface area (Å²) in [6.07, 6.45) is 0.640. The number of amides is 2. The minimum absolute atomic E-state index is 0.203. The summed E-state index contributed by atoms with van der Waals surface area (Å²) in [5, 5.41) is 10.5. The van der Waals surface area contributed by atoms with Crippen molar-refractivity contribution in [3.8, 4) is 0 Å². The van der Waals surface area contributed by atoms with E-state index in [4.69, 9.17) is 0 Å². The maximum atomic E-state index is 13.4. The minimum atomic E-state index is -0.734. The molecular formula is C22H26N4O2S2. The van der Waals surface area contributed by atoms with Gasteiger partial charge in [-0.3, -0.25) is 9.59 Å². The smallest absolute Gasteiger partial charge is 0.276 e. The Bertz CT molecular complexity index is 979. The van der Waals surface area contributed by atoms with Gasteiger partial charge >= 0.3 is 0 Å². The number of thiophene rings is 1. The molecule has 2 aromatic heterocycles. The van der Waals surface area contributed by atoms with E-state index in [1.54, 1.807) is 10.3 Å². The van der Waals surface area contributed by atoms with E-state index in [0.717, 1.165) is 27.5 Å². The van der Waals surface area contributed by atoms with Crippen molar-refractivity contribution in [2.45, 2.75) is 45.7 Å². The van der Waals surface area contributed by atoms with Gasteiger partial charge in [0.15, 0.2) is 5.69 Å². The summed E-state index contributed by atoms with van der Waals surface area (Å²) >= 11 is 2.59. The molecule has 6 nitrogen and oxygen atoms in total. The van der Waals surface area contributed by atoms with E-state index in [1.165, 1.54) is 11.3 Å². The lowest BCUT2D eigenvalue weighted by Gasteiger charge is -2.32. The Kier molecular flexibility index (Phi) is 6.99. The Balaban J connectivity index is 1.97. The Morgan fingerprint density at radius 1 is 1.17 bits per heavy atom. The molecule has 1 aromatic carbocycles. The number of benzene rings is 1. The number of nitrogens with one attached hydrogen (secondary N) is 1. The lowest BCUT2D eigenvalue weighted by Crippen LogP contribution is -2.49. The Morgan fingerprint density at radius 3 is 2.53 bits per heavy atom. The number of carbonyl (C=O) groups is 2. The first-order valence-corrected chi connectivity index (χ1v) is 11.5. The van der Waals surface area contributed by atoms with Crippen LogP contribution in [0.2, 0.25) is 0 Å². The zero-order valence-corrected chi connectivity index (χ0v) is 19.2.